The number of aliphatic carboxylic acids is 1. The average Bonchev–Trinajstić information content (AvgIpc) is 3.18. The van der Waals surface area contributed by atoms with E-state index in [0.29, 0.717) is 18.5 Å². The molecule has 2 heterocycles. The van der Waals surface area contributed by atoms with E-state index in [0.717, 1.165) is 29.1 Å². The molecule has 2 aromatic rings. The Balaban J connectivity index is 1.66. The first kappa shape index (κ1) is 16.1. The Morgan fingerprint density at radius 2 is 2.04 bits per heavy atom. The SMILES string of the molecule is O=C(Cc1csc(-c2cccs2)n1)NC1(C(=O)O)CCCCC1. The van der Waals surface area contributed by atoms with Crippen LogP contribution in [0.3, 0.4) is 0 Å². The zero-order valence-corrected chi connectivity index (χ0v) is 14.2. The number of amides is 1. The molecule has 0 bridgehead atoms. The predicted octanol–water partition coefficient (Wildman–Crippen LogP) is 3.32. The number of nitrogens with zero attached hydrogens (tertiary/aromatic N) is 1. The van der Waals surface area contributed by atoms with Crippen LogP contribution < -0.4 is 5.32 Å². The van der Waals surface area contributed by atoms with E-state index in [2.05, 4.69) is 10.3 Å². The largest absolute Gasteiger partial charge is 0.480 e. The van der Waals surface area contributed by atoms with E-state index >= 15 is 0 Å². The lowest BCUT2D eigenvalue weighted by molar-refractivity contribution is -0.149. The second kappa shape index (κ2) is 6.80. The predicted molar refractivity (Wildman–Crippen MR) is 90.7 cm³/mol. The highest BCUT2D eigenvalue weighted by atomic mass is 32.1. The molecule has 1 saturated carbocycles. The van der Waals surface area contributed by atoms with E-state index in [1.807, 2.05) is 22.9 Å². The normalized spacial score (nSPS) is 16.9. The topological polar surface area (TPSA) is 79.3 Å². The highest BCUT2D eigenvalue weighted by Gasteiger charge is 2.40. The summed E-state index contributed by atoms with van der Waals surface area (Å²) in [5.74, 6) is -1.19. The molecule has 2 N–H and O–H groups in total. The van der Waals surface area contributed by atoms with E-state index in [1.54, 1.807) is 11.3 Å². The number of aromatic nitrogens is 1. The molecule has 5 nitrogen and oxygen atoms in total. The van der Waals surface area contributed by atoms with Crippen molar-refractivity contribution in [2.45, 2.75) is 44.1 Å². The van der Waals surface area contributed by atoms with Gasteiger partial charge < -0.3 is 10.4 Å². The number of carbonyl (C=O) groups excluding carboxylic acids is 1. The second-order valence-electron chi connectivity index (χ2n) is 5.79. The van der Waals surface area contributed by atoms with Crippen molar-refractivity contribution in [2.24, 2.45) is 0 Å². The number of hydrogen-bond acceptors (Lipinski definition) is 5. The van der Waals surface area contributed by atoms with Crippen LogP contribution in [0.5, 0.6) is 0 Å². The summed E-state index contributed by atoms with van der Waals surface area (Å²) < 4.78 is 0. The smallest absolute Gasteiger partial charge is 0.329 e. The molecule has 1 fully saturated rings. The molecule has 23 heavy (non-hydrogen) atoms. The maximum absolute atomic E-state index is 12.3. The number of carboxylic acid groups (broad SMARTS) is 1. The van der Waals surface area contributed by atoms with Gasteiger partial charge in [0.2, 0.25) is 5.91 Å². The van der Waals surface area contributed by atoms with Crippen molar-refractivity contribution in [2.75, 3.05) is 0 Å². The zero-order chi connectivity index (χ0) is 16.3. The molecule has 1 aliphatic rings. The third-order valence-corrected chi connectivity index (χ3v) is 6.05. The molecule has 0 radical (unpaired) electrons. The van der Waals surface area contributed by atoms with E-state index in [9.17, 15) is 14.7 Å². The molecule has 2 aromatic heterocycles. The summed E-state index contributed by atoms with van der Waals surface area (Å²) in [7, 11) is 0. The first-order valence-corrected chi connectivity index (χ1v) is 9.38. The van der Waals surface area contributed by atoms with Crippen molar-refractivity contribution in [3.05, 3.63) is 28.6 Å². The summed E-state index contributed by atoms with van der Waals surface area (Å²) in [6, 6.07) is 3.96. The summed E-state index contributed by atoms with van der Waals surface area (Å²) >= 11 is 3.11. The lowest BCUT2D eigenvalue weighted by Crippen LogP contribution is -2.56. The molecule has 0 unspecified atom stereocenters. The van der Waals surface area contributed by atoms with Crippen LogP contribution in [0.1, 0.15) is 37.8 Å². The third kappa shape index (κ3) is 3.61. The number of carbonyl (C=O) groups is 2. The minimum absolute atomic E-state index is 0.122. The van der Waals surface area contributed by atoms with Crippen molar-refractivity contribution < 1.29 is 14.7 Å². The Morgan fingerprint density at radius 1 is 1.26 bits per heavy atom. The summed E-state index contributed by atoms with van der Waals surface area (Å²) in [5.41, 5.74) is -0.408. The first-order chi connectivity index (χ1) is 11.1. The first-order valence-electron chi connectivity index (χ1n) is 7.62. The number of rotatable bonds is 5. The van der Waals surface area contributed by atoms with Gasteiger partial charge in [0.25, 0.3) is 0 Å². The fourth-order valence-electron chi connectivity index (χ4n) is 2.92. The van der Waals surface area contributed by atoms with Gasteiger partial charge in [-0.25, -0.2) is 9.78 Å². The minimum atomic E-state index is -1.10. The van der Waals surface area contributed by atoms with Crippen molar-refractivity contribution >= 4 is 34.6 Å². The summed E-state index contributed by atoms with van der Waals surface area (Å²) in [5, 5.41) is 17.0. The number of thiazole rings is 1. The van der Waals surface area contributed by atoms with E-state index in [-0.39, 0.29) is 12.3 Å². The van der Waals surface area contributed by atoms with E-state index in [4.69, 9.17) is 0 Å². The quantitative estimate of drug-likeness (QED) is 0.867. The fraction of sp³-hybridized carbons (Fsp3) is 0.438. The van der Waals surface area contributed by atoms with Gasteiger partial charge in [-0.15, -0.1) is 22.7 Å². The van der Waals surface area contributed by atoms with Crippen LogP contribution in [0.15, 0.2) is 22.9 Å². The second-order valence-corrected chi connectivity index (χ2v) is 7.60. The molecule has 1 aliphatic carbocycles. The Kier molecular flexibility index (Phi) is 4.77. The van der Waals surface area contributed by atoms with Gasteiger partial charge in [0.1, 0.15) is 10.5 Å². The molecule has 0 saturated heterocycles. The van der Waals surface area contributed by atoms with E-state index < -0.39 is 11.5 Å². The van der Waals surface area contributed by atoms with Gasteiger partial charge in [0, 0.05) is 5.38 Å². The van der Waals surface area contributed by atoms with Gasteiger partial charge in [-0.1, -0.05) is 25.3 Å². The highest BCUT2D eigenvalue weighted by molar-refractivity contribution is 7.20. The van der Waals surface area contributed by atoms with Crippen LogP contribution in [-0.4, -0.2) is 27.5 Å². The van der Waals surface area contributed by atoms with Crippen molar-refractivity contribution in [1.29, 1.82) is 0 Å². The molecule has 0 atom stereocenters. The number of hydrogen-bond donors (Lipinski definition) is 2. The number of carboxylic acids is 1. The maximum Gasteiger partial charge on any atom is 0.329 e. The molecular formula is C16H18N2O3S2. The molecule has 0 aliphatic heterocycles. The van der Waals surface area contributed by atoms with Crippen molar-refractivity contribution in [3.8, 4) is 9.88 Å². The van der Waals surface area contributed by atoms with Crippen LogP contribution in [0.4, 0.5) is 0 Å². The van der Waals surface area contributed by atoms with Crippen LogP contribution in [0.25, 0.3) is 9.88 Å². The van der Waals surface area contributed by atoms with Gasteiger partial charge in [0.15, 0.2) is 0 Å². The van der Waals surface area contributed by atoms with Crippen LogP contribution in [0.2, 0.25) is 0 Å². The molecule has 3 rings (SSSR count). The Bertz CT molecular complexity index is 688. The Labute approximate surface area is 142 Å². The maximum atomic E-state index is 12.3. The van der Waals surface area contributed by atoms with Gasteiger partial charge in [-0.3, -0.25) is 4.79 Å². The van der Waals surface area contributed by atoms with Crippen LogP contribution in [0, 0.1) is 0 Å². The third-order valence-electron chi connectivity index (χ3n) is 4.12. The van der Waals surface area contributed by atoms with Gasteiger partial charge in [-0.05, 0) is 24.3 Å². The van der Waals surface area contributed by atoms with Crippen molar-refractivity contribution in [3.63, 3.8) is 0 Å². The summed E-state index contributed by atoms with van der Waals surface area (Å²) in [6.07, 6.45) is 3.84. The zero-order valence-electron chi connectivity index (χ0n) is 12.6. The molecular weight excluding hydrogens is 332 g/mol. The molecule has 7 heteroatoms. The van der Waals surface area contributed by atoms with Crippen LogP contribution >= 0.6 is 22.7 Å². The number of thiophene rings is 1. The molecule has 0 spiro atoms. The van der Waals surface area contributed by atoms with Crippen molar-refractivity contribution in [1.82, 2.24) is 10.3 Å². The summed E-state index contributed by atoms with van der Waals surface area (Å²) in [4.78, 5) is 29.4. The monoisotopic (exact) mass is 350 g/mol. The average molecular weight is 350 g/mol. The minimum Gasteiger partial charge on any atom is -0.480 e. The van der Waals surface area contributed by atoms with Gasteiger partial charge in [0.05, 0.1) is 17.0 Å². The summed E-state index contributed by atoms with van der Waals surface area (Å²) in [6.45, 7) is 0. The van der Waals surface area contributed by atoms with E-state index in [1.165, 1.54) is 11.3 Å². The fourth-order valence-corrected chi connectivity index (χ4v) is 4.56. The van der Waals surface area contributed by atoms with Gasteiger partial charge >= 0.3 is 5.97 Å². The number of nitrogens with one attached hydrogen (secondary N) is 1. The molecule has 122 valence electrons. The highest BCUT2D eigenvalue weighted by Crippen LogP contribution is 2.30. The lowest BCUT2D eigenvalue weighted by Gasteiger charge is -2.33. The van der Waals surface area contributed by atoms with Gasteiger partial charge in [-0.2, -0.15) is 0 Å². The lowest BCUT2D eigenvalue weighted by atomic mass is 9.81. The molecule has 1 amide bonds. The Morgan fingerprint density at radius 3 is 2.70 bits per heavy atom. The Hall–Kier alpha value is -1.73. The molecule has 0 aromatic carbocycles. The standard InChI is InChI=1S/C16H18N2O3S2/c19-13(18-16(15(20)21)6-2-1-3-7-16)9-11-10-23-14(17-11)12-5-4-8-22-12/h4-5,8,10H,1-3,6-7,9H2,(H,18,19)(H,20,21). The van der Waals surface area contributed by atoms with Crippen LogP contribution in [-0.2, 0) is 16.0 Å².